The molecule has 4 aromatic carbocycles. The summed E-state index contributed by atoms with van der Waals surface area (Å²) >= 11 is 0. The van der Waals surface area contributed by atoms with Crippen molar-refractivity contribution in [3.63, 3.8) is 0 Å². The number of carbonyl (C=O) groups excluding carboxylic acids is 2. The first-order valence-electron chi connectivity index (χ1n) is 11.6. The molecule has 0 unspecified atom stereocenters. The van der Waals surface area contributed by atoms with Crippen molar-refractivity contribution in [1.29, 1.82) is 0 Å². The smallest absolute Gasteiger partial charge is 0.345 e. The number of esters is 2. The van der Waals surface area contributed by atoms with Gasteiger partial charge in [-0.2, -0.15) is 0 Å². The molecule has 1 aliphatic heterocycles. The predicted molar refractivity (Wildman–Crippen MR) is 146 cm³/mol. The van der Waals surface area contributed by atoms with E-state index in [9.17, 15) is 9.59 Å². The van der Waals surface area contributed by atoms with E-state index in [0.717, 1.165) is 21.5 Å². The van der Waals surface area contributed by atoms with Gasteiger partial charge in [0.2, 0.25) is 0 Å². The maximum Gasteiger partial charge on any atom is 0.345 e. The highest BCUT2D eigenvalue weighted by molar-refractivity contribution is 7.97. The van der Waals surface area contributed by atoms with Crippen molar-refractivity contribution in [2.24, 2.45) is 0 Å². The first-order valence-corrected chi connectivity index (χ1v) is 13.4. The summed E-state index contributed by atoms with van der Waals surface area (Å²) in [4.78, 5) is 27.4. The van der Waals surface area contributed by atoms with Crippen LogP contribution in [0.2, 0.25) is 0 Å². The number of methoxy groups -OCH3 is 1. The van der Waals surface area contributed by atoms with Gasteiger partial charge in [0.1, 0.15) is 5.57 Å². The highest BCUT2D eigenvalue weighted by atomic mass is 31.2. The normalized spacial score (nSPS) is 13.5. The Hall–Kier alpha value is -4.14. The van der Waals surface area contributed by atoms with Crippen LogP contribution in [0, 0.1) is 6.92 Å². The maximum atomic E-state index is 13.9. The van der Waals surface area contributed by atoms with Crippen molar-refractivity contribution in [2.75, 3.05) is 7.11 Å². The number of aryl methyl sites for hydroxylation is 1. The SMILES string of the molecule is COC(=O)C1=C(c2ccc(C)cc2)OC(=O)C1=P(c1ccccc1)(c1ccccc1)c1ccccc1. The van der Waals surface area contributed by atoms with Crippen LogP contribution in [0.3, 0.4) is 0 Å². The van der Waals surface area contributed by atoms with Gasteiger partial charge in [-0.05, 0) is 29.7 Å². The lowest BCUT2D eigenvalue weighted by atomic mass is 10.1. The monoisotopic (exact) mass is 492 g/mol. The summed E-state index contributed by atoms with van der Waals surface area (Å²) in [5.74, 6) is -0.900. The first-order chi connectivity index (χ1) is 17.6. The van der Waals surface area contributed by atoms with Crippen LogP contribution in [0.15, 0.2) is 121 Å². The fourth-order valence-corrected chi connectivity index (χ4v) is 9.07. The number of ether oxygens (including phenoxy) is 2. The zero-order valence-corrected chi connectivity index (χ0v) is 20.9. The van der Waals surface area contributed by atoms with E-state index in [-0.39, 0.29) is 11.3 Å². The molecule has 4 nitrogen and oxygen atoms in total. The Morgan fingerprint density at radius 1 is 0.694 bits per heavy atom. The lowest BCUT2D eigenvalue weighted by Gasteiger charge is -2.30. The lowest BCUT2D eigenvalue weighted by Crippen LogP contribution is -2.34. The van der Waals surface area contributed by atoms with E-state index in [4.69, 9.17) is 9.47 Å². The van der Waals surface area contributed by atoms with Gasteiger partial charge < -0.3 is 9.47 Å². The first kappa shape index (κ1) is 23.6. The van der Waals surface area contributed by atoms with Crippen LogP contribution >= 0.6 is 6.89 Å². The Kier molecular flexibility index (Phi) is 6.45. The van der Waals surface area contributed by atoms with Gasteiger partial charge in [0.25, 0.3) is 0 Å². The molecule has 36 heavy (non-hydrogen) atoms. The molecule has 0 atom stereocenters. The third-order valence-corrected chi connectivity index (χ3v) is 10.6. The van der Waals surface area contributed by atoms with Crippen molar-refractivity contribution in [3.8, 4) is 0 Å². The van der Waals surface area contributed by atoms with Crippen LogP contribution in [0.4, 0.5) is 0 Å². The summed E-state index contributed by atoms with van der Waals surface area (Å²) in [6, 6.07) is 37.3. The van der Waals surface area contributed by atoms with Crippen molar-refractivity contribution in [2.45, 2.75) is 6.92 Å². The average molecular weight is 493 g/mol. The number of carbonyl (C=O) groups is 2. The van der Waals surface area contributed by atoms with E-state index >= 15 is 0 Å². The summed E-state index contributed by atoms with van der Waals surface area (Å²) in [5, 5.41) is 3.18. The molecule has 5 rings (SSSR count). The molecule has 1 heterocycles. The summed E-state index contributed by atoms with van der Waals surface area (Å²) in [6.07, 6.45) is 0. The second-order valence-corrected chi connectivity index (χ2v) is 11.8. The number of benzene rings is 4. The molecule has 1 aliphatic rings. The molecule has 0 saturated heterocycles. The van der Waals surface area contributed by atoms with E-state index in [2.05, 4.69) is 0 Å². The number of hydrogen-bond donors (Lipinski definition) is 0. The van der Waals surface area contributed by atoms with Gasteiger partial charge >= 0.3 is 11.9 Å². The van der Waals surface area contributed by atoms with Crippen LogP contribution in [-0.4, -0.2) is 24.3 Å². The number of hydrogen-bond acceptors (Lipinski definition) is 4. The Balaban J connectivity index is 2.03. The van der Waals surface area contributed by atoms with Crippen molar-refractivity contribution in [3.05, 3.63) is 132 Å². The molecule has 0 N–H and O–H groups in total. The Morgan fingerprint density at radius 2 is 1.14 bits per heavy atom. The molecule has 0 aromatic heterocycles. The van der Waals surface area contributed by atoms with E-state index in [1.165, 1.54) is 7.11 Å². The highest BCUT2D eigenvalue weighted by Crippen LogP contribution is 2.50. The Morgan fingerprint density at radius 3 is 1.56 bits per heavy atom. The Bertz CT molecular complexity index is 1400. The minimum atomic E-state index is -2.86. The van der Waals surface area contributed by atoms with Gasteiger partial charge in [0, 0.05) is 5.56 Å². The average Bonchev–Trinajstić information content (AvgIpc) is 3.28. The largest absolute Gasteiger partial charge is 0.465 e. The molecule has 0 bridgehead atoms. The van der Waals surface area contributed by atoms with E-state index in [1.807, 2.05) is 122 Å². The molecule has 178 valence electrons. The summed E-state index contributed by atoms with van der Waals surface area (Å²) < 4.78 is 11.2. The zero-order valence-electron chi connectivity index (χ0n) is 20.0. The van der Waals surface area contributed by atoms with Crippen LogP contribution in [0.25, 0.3) is 5.76 Å². The minimum absolute atomic E-state index is 0.177. The molecule has 0 amide bonds. The predicted octanol–water partition coefficient (Wildman–Crippen LogP) is 4.60. The minimum Gasteiger partial charge on any atom is -0.465 e. The van der Waals surface area contributed by atoms with E-state index < -0.39 is 18.8 Å². The van der Waals surface area contributed by atoms with E-state index in [0.29, 0.717) is 10.9 Å². The van der Waals surface area contributed by atoms with Gasteiger partial charge in [-0.25, -0.2) is 9.59 Å². The van der Waals surface area contributed by atoms with Gasteiger partial charge in [-0.15, -0.1) is 0 Å². The van der Waals surface area contributed by atoms with E-state index in [1.54, 1.807) is 0 Å². The third-order valence-electron chi connectivity index (χ3n) is 6.32. The van der Waals surface area contributed by atoms with Crippen LogP contribution in [-0.2, 0) is 19.1 Å². The number of rotatable bonds is 5. The molecule has 0 spiro atoms. The standard InChI is InChI=1S/C31H25O4P/c1-22-18-20-23(21-19-22)28-27(30(32)34-2)29(31(33)35-28)36(24-12-6-3-7-13-24,25-14-8-4-9-15-25)26-16-10-5-11-17-26/h3-21H,1-2H3. The second kappa shape index (κ2) is 9.85. The van der Waals surface area contributed by atoms with Gasteiger partial charge in [0.05, 0.1) is 12.4 Å². The lowest BCUT2D eigenvalue weighted by molar-refractivity contribution is -0.135. The number of cyclic esters (lactones) is 1. The van der Waals surface area contributed by atoms with Gasteiger partial charge in [-0.3, -0.25) is 0 Å². The summed E-state index contributed by atoms with van der Waals surface area (Å²) in [7, 11) is 1.33. The molecule has 0 saturated carbocycles. The molecule has 5 heteroatoms. The van der Waals surface area contributed by atoms with Gasteiger partial charge in [-0.1, -0.05) is 121 Å². The van der Waals surface area contributed by atoms with Gasteiger partial charge in [0.15, 0.2) is 5.76 Å². The summed E-state index contributed by atoms with van der Waals surface area (Å²) in [5.41, 5.74) is 1.89. The third kappa shape index (κ3) is 3.90. The molecule has 0 aliphatic carbocycles. The van der Waals surface area contributed by atoms with Crippen molar-refractivity contribution >= 4 is 45.8 Å². The van der Waals surface area contributed by atoms with Crippen LogP contribution in [0.1, 0.15) is 11.1 Å². The molecular formula is C31H25O4P. The fourth-order valence-electron chi connectivity index (χ4n) is 4.70. The maximum absolute atomic E-state index is 13.9. The topological polar surface area (TPSA) is 52.6 Å². The quantitative estimate of drug-likeness (QED) is 0.302. The fraction of sp³-hybridized carbons (Fsp3) is 0.0645. The highest BCUT2D eigenvalue weighted by Gasteiger charge is 2.44. The second-order valence-electron chi connectivity index (χ2n) is 8.48. The Labute approximate surface area is 210 Å². The van der Waals surface area contributed by atoms with Crippen LogP contribution in [0.5, 0.6) is 0 Å². The molecule has 0 fully saturated rings. The van der Waals surface area contributed by atoms with Crippen molar-refractivity contribution in [1.82, 2.24) is 0 Å². The molecule has 4 aromatic rings. The molecular weight excluding hydrogens is 467 g/mol. The molecule has 0 radical (unpaired) electrons. The zero-order chi connectivity index (χ0) is 25.1. The summed E-state index contributed by atoms with van der Waals surface area (Å²) in [6.45, 7) is -0.884. The van der Waals surface area contributed by atoms with Crippen LogP contribution < -0.4 is 15.9 Å². The van der Waals surface area contributed by atoms with Crippen molar-refractivity contribution < 1.29 is 19.1 Å².